The van der Waals surface area contributed by atoms with Crippen LogP contribution in [0.25, 0.3) is 0 Å². The Bertz CT molecular complexity index is 294. The summed E-state index contributed by atoms with van der Waals surface area (Å²) in [6.45, 7) is 5.56. The average Bonchev–Trinajstić information content (AvgIpc) is 2.38. The molecule has 0 saturated carbocycles. The Labute approximate surface area is 105 Å². The molecule has 0 radical (unpaired) electrons. The predicted octanol–water partition coefficient (Wildman–Crippen LogP) is 3.93. The van der Waals surface area contributed by atoms with Gasteiger partial charge in [-0.3, -0.25) is 0 Å². The number of nitrogens with one attached hydrogen (secondary N) is 1. The number of methoxy groups -OCH3 is 1. The van der Waals surface area contributed by atoms with Crippen LogP contribution in [0.15, 0.2) is 24.3 Å². The third-order valence-corrected chi connectivity index (χ3v) is 3.10. The van der Waals surface area contributed by atoms with Gasteiger partial charge in [-0.2, -0.15) is 0 Å². The van der Waals surface area contributed by atoms with Gasteiger partial charge in [0, 0.05) is 6.04 Å². The lowest BCUT2D eigenvalue weighted by atomic mass is 10.1. The van der Waals surface area contributed by atoms with Crippen LogP contribution in [0.5, 0.6) is 5.75 Å². The first kappa shape index (κ1) is 14.0. The van der Waals surface area contributed by atoms with Crippen LogP contribution in [-0.4, -0.2) is 13.7 Å². The van der Waals surface area contributed by atoms with Crippen molar-refractivity contribution in [1.82, 2.24) is 5.32 Å². The molecule has 1 aromatic rings. The first-order valence-corrected chi connectivity index (χ1v) is 6.65. The fourth-order valence-electron chi connectivity index (χ4n) is 1.88. The molecule has 17 heavy (non-hydrogen) atoms. The second-order valence-electron chi connectivity index (χ2n) is 4.51. The van der Waals surface area contributed by atoms with Crippen LogP contribution in [0.3, 0.4) is 0 Å². The molecule has 0 heterocycles. The van der Waals surface area contributed by atoms with E-state index >= 15 is 0 Å². The van der Waals surface area contributed by atoms with Crippen molar-refractivity contribution in [2.45, 2.75) is 45.6 Å². The fraction of sp³-hybridized carbons (Fsp3) is 0.600. The van der Waals surface area contributed by atoms with E-state index in [9.17, 15) is 0 Å². The van der Waals surface area contributed by atoms with Gasteiger partial charge >= 0.3 is 0 Å². The monoisotopic (exact) mass is 235 g/mol. The number of unbranched alkanes of at least 4 members (excludes halogenated alkanes) is 3. The van der Waals surface area contributed by atoms with E-state index in [4.69, 9.17) is 4.74 Å². The molecule has 1 aromatic carbocycles. The van der Waals surface area contributed by atoms with Gasteiger partial charge in [0.15, 0.2) is 0 Å². The second-order valence-corrected chi connectivity index (χ2v) is 4.51. The van der Waals surface area contributed by atoms with Crippen molar-refractivity contribution in [2.75, 3.05) is 13.7 Å². The molecule has 1 atom stereocenters. The molecule has 0 unspecified atom stereocenters. The van der Waals surface area contributed by atoms with Crippen molar-refractivity contribution in [3.8, 4) is 5.75 Å². The van der Waals surface area contributed by atoms with E-state index in [2.05, 4.69) is 31.3 Å². The largest absolute Gasteiger partial charge is 0.497 e. The maximum absolute atomic E-state index is 5.15. The van der Waals surface area contributed by atoms with Crippen molar-refractivity contribution >= 4 is 0 Å². The lowest BCUT2D eigenvalue weighted by Crippen LogP contribution is -2.19. The first-order valence-electron chi connectivity index (χ1n) is 6.65. The summed E-state index contributed by atoms with van der Waals surface area (Å²) in [5.74, 6) is 0.920. The lowest BCUT2D eigenvalue weighted by Gasteiger charge is -2.14. The normalized spacial score (nSPS) is 12.4. The molecule has 0 spiro atoms. The molecule has 2 heteroatoms. The molecule has 0 aromatic heterocycles. The highest BCUT2D eigenvalue weighted by molar-refractivity contribution is 5.28. The summed E-state index contributed by atoms with van der Waals surface area (Å²) in [5.41, 5.74) is 1.32. The van der Waals surface area contributed by atoms with Crippen molar-refractivity contribution in [1.29, 1.82) is 0 Å². The van der Waals surface area contributed by atoms with Gasteiger partial charge in [-0.05, 0) is 37.6 Å². The van der Waals surface area contributed by atoms with Crippen molar-refractivity contribution in [2.24, 2.45) is 0 Å². The van der Waals surface area contributed by atoms with Crippen LogP contribution in [-0.2, 0) is 0 Å². The van der Waals surface area contributed by atoms with Gasteiger partial charge in [0.1, 0.15) is 5.75 Å². The Balaban J connectivity index is 2.28. The van der Waals surface area contributed by atoms with Gasteiger partial charge in [-0.15, -0.1) is 0 Å². The molecule has 1 N–H and O–H groups in total. The third kappa shape index (κ3) is 5.22. The van der Waals surface area contributed by atoms with Crippen LogP contribution in [0.4, 0.5) is 0 Å². The number of ether oxygens (including phenoxy) is 1. The molecule has 0 fully saturated rings. The van der Waals surface area contributed by atoms with Gasteiger partial charge in [0.05, 0.1) is 7.11 Å². The standard InChI is InChI=1S/C15H25NO/c1-4-5-6-7-12-16-13(2)14-8-10-15(17-3)11-9-14/h8-11,13,16H,4-7,12H2,1-3H3/t13-/m1/s1. The van der Waals surface area contributed by atoms with E-state index in [0.29, 0.717) is 6.04 Å². The van der Waals surface area contributed by atoms with E-state index < -0.39 is 0 Å². The molecule has 0 aliphatic heterocycles. The quantitative estimate of drug-likeness (QED) is 0.689. The van der Waals surface area contributed by atoms with Gasteiger partial charge < -0.3 is 10.1 Å². The summed E-state index contributed by atoms with van der Waals surface area (Å²) in [6, 6.07) is 8.71. The van der Waals surface area contributed by atoms with Gasteiger partial charge in [0.25, 0.3) is 0 Å². The zero-order valence-electron chi connectivity index (χ0n) is 11.3. The fourth-order valence-corrected chi connectivity index (χ4v) is 1.88. The minimum atomic E-state index is 0.419. The van der Waals surface area contributed by atoms with E-state index in [1.54, 1.807) is 7.11 Å². The molecule has 96 valence electrons. The van der Waals surface area contributed by atoms with E-state index in [-0.39, 0.29) is 0 Å². The molecule has 0 amide bonds. The third-order valence-electron chi connectivity index (χ3n) is 3.10. The number of hydrogen-bond acceptors (Lipinski definition) is 2. The van der Waals surface area contributed by atoms with E-state index in [0.717, 1.165) is 12.3 Å². The first-order chi connectivity index (χ1) is 8.27. The minimum Gasteiger partial charge on any atom is -0.497 e. The molecular weight excluding hydrogens is 210 g/mol. The highest BCUT2D eigenvalue weighted by Gasteiger charge is 2.03. The number of rotatable bonds is 8. The van der Waals surface area contributed by atoms with Crippen LogP contribution in [0, 0.1) is 0 Å². The zero-order chi connectivity index (χ0) is 12.5. The molecule has 1 rings (SSSR count). The second kappa shape index (κ2) is 8.13. The predicted molar refractivity (Wildman–Crippen MR) is 73.6 cm³/mol. The Kier molecular flexibility index (Phi) is 6.71. The molecular formula is C15H25NO. The van der Waals surface area contributed by atoms with Crippen LogP contribution in [0.1, 0.15) is 51.1 Å². The summed E-state index contributed by atoms with van der Waals surface area (Å²) < 4.78 is 5.15. The van der Waals surface area contributed by atoms with Crippen LogP contribution < -0.4 is 10.1 Å². The van der Waals surface area contributed by atoms with Crippen molar-refractivity contribution in [3.05, 3.63) is 29.8 Å². The Morgan fingerprint density at radius 2 is 1.82 bits per heavy atom. The summed E-state index contributed by atoms with van der Waals surface area (Å²) in [7, 11) is 1.70. The molecule has 0 aliphatic carbocycles. The minimum absolute atomic E-state index is 0.419. The SMILES string of the molecule is CCCCCCN[C@H](C)c1ccc(OC)cc1. The molecule has 0 bridgehead atoms. The smallest absolute Gasteiger partial charge is 0.118 e. The van der Waals surface area contributed by atoms with Crippen LogP contribution in [0.2, 0.25) is 0 Å². The van der Waals surface area contributed by atoms with Crippen LogP contribution >= 0.6 is 0 Å². The molecule has 2 nitrogen and oxygen atoms in total. The summed E-state index contributed by atoms with van der Waals surface area (Å²) in [5, 5.41) is 3.55. The average molecular weight is 235 g/mol. The lowest BCUT2D eigenvalue weighted by molar-refractivity contribution is 0.414. The molecule has 0 aliphatic rings. The number of benzene rings is 1. The van der Waals surface area contributed by atoms with Crippen molar-refractivity contribution in [3.63, 3.8) is 0 Å². The Morgan fingerprint density at radius 1 is 1.12 bits per heavy atom. The molecule has 0 saturated heterocycles. The highest BCUT2D eigenvalue weighted by atomic mass is 16.5. The van der Waals surface area contributed by atoms with E-state index in [1.807, 2.05) is 12.1 Å². The maximum atomic E-state index is 5.15. The maximum Gasteiger partial charge on any atom is 0.118 e. The Morgan fingerprint density at radius 3 is 2.41 bits per heavy atom. The zero-order valence-corrected chi connectivity index (χ0v) is 11.3. The highest BCUT2D eigenvalue weighted by Crippen LogP contribution is 2.17. The summed E-state index contributed by atoms with van der Waals surface area (Å²) in [6.07, 6.45) is 5.25. The van der Waals surface area contributed by atoms with Gasteiger partial charge in [0.2, 0.25) is 0 Å². The van der Waals surface area contributed by atoms with E-state index in [1.165, 1.54) is 31.2 Å². The van der Waals surface area contributed by atoms with Gasteiger partial charge in [-0.1, -0.05) is 38.3 Å². The number of hydrogen-bond donors (Lipinski definition) is 1. The Hall–Kier alpha value is -1.02. The summed E-state index contributed by atoms with van der Waals surface area (Å²) >= 11 is 0. The topological polar surface area (TPSA) is 21.3 Å². The van der Waals surface area contributed by atoms with Gasteiger partial charge in [-0.25, -0.2) is 0 Å². The van der Waals surface area contributed by atoms with Crippen molar-refractivity contribution < 1.29 is 4.74 Å². The summed E-state index contributed by atoms with van der Waals surface area (Å²) in [4.78, 5) is 0.